The van der Waals surface area contributed by atoms with Gasteiger partial charge >= 0.3 is 5.97 Å². The number of ether oxygens (including phenoxy) is 2. The van der Waals surface area contributed by atoms with Gasteiger partial charge in [-0.3, -0.25) is 4.79 Å². The van der Waals surface area contributed by atoms with E-state index in [2.05, 4.69) is 6.92 Å². The lowest BCUT2D eigenvalue weighted by Crippen LogP contribution is -2.11. The highest BCUT2D eigenvalue weighted by molar-refractivity contribution is 5.69. The Balaban J connectivity index is 2.32. The first kappa shape index (κ1) is 16.5. The van der Waals surface area contributed by atoms with Crippen LogP contribution in [-0.2, 0) is 16.1 Å². The molecule has 0 aliphatic carbocycles. The zero-order chi connectivity index (χ0) is 14.8. The van der Waals surface area contributed by atoms with Crippen molar-refractivity contribution in [3.05, 3.63) is 29.8 Å². The Bertz CT molecular complexity index is 406. The van der Waals surface area contributed by atoms with Gasteiger partial charge in [0.15, 0.2) is 0 Å². The Morgan fingerprint density at radius 1 is 1.35 bits per heavy atom. The average molecular weight is 279 g/mol. The van der Waals surface area contributed by atoms with Crippen molar-refractivity contribution in [1.29, 1.82) is 0 Å². The van der Waals surface area contributed by atoms with Crippen LogP contribution in [0.1, 0.15) is 38.2 Å². The fourth-order valence-corrected chi connectivity index (χ4v) is 2.11. The summed E-state index contributed by atoms with van der Waals surface area (Å²) >= 11 is 0. The van der Waals surface area contributed by atoms with Crippen molar-refractivity contribution in [2.24, 2.45) is 11.7 Å². The van der Waals surface area contributed by atoms with E-state index >= 15 is 0 Å². The second-order valence-corrected chi connectivity index (χ2v) is 4.90. The van der Waals surface area contributed by atoms with E-state index in [1.54, 1.807) is 7.11 Å². The van der Waals surface area contributed by atoms with Gasteiger partial charge < -0.3 is 15.2 Å². The number of esters is 1. The molecule has 0 radical (unpaired) electrons. The van der Waals surface area contributed by atoms with Crippen LogP contribution in [0.25, 0.3) is 0 Å². The number of hydrogen-bond donors (Lipinski definition) is 1. The van der Waals surface area contributed by atoms with Crippen LogP contribution in [0.2, 0.25) is 0 Å². The van der Waals surface area contributed by atoms with Crippen molar-refractivity contribution in [1.82, 2.24) is 0 Å². The molecule has 2 N–H and O–H groups in total. The predicted molar refractivity (Wildman–Crippen MR) is 79.5 cm³/mol. The van der Waals surface area contributed by atoms with Crippen LogP contribution in [0, 0.1) is 5.92 Å². The Hall–Kier alpha value is -1.55. The molecule has 0 aromatic heterocycles. The molecule has 0 amide bonds. The normalized spacial score (nSPS) is 11.9. The van der Waals surface area contributed by atoms with E-state index in [1.807, 2.05) is 24.3 Å². The number of benzene rings is 1. The number of hydrogen-bond acceptors (Lipinski definition) is 4. The molecule has 0 aliphatic heterocycles. The van der Waals surface area contributed by atoms with Crippen LogP contribution in [0.5, 0.6) is 5.75 Å². The summed E-state index contributed by atoms with van der Waals surface area (Å²) in [6.45, 7) is 3.10. The lowest BCUT2D eigenvalue weighted by atomic mass is 9.97. The Kier molecular flexibility index (Phi) is 7.73. The third kappa shape index (κ3) is 6.06. The maximum absolute atomic E-state index is 11.7. The smallest absolute Gasteiger partial charge is 0.306 e. The SMILES string of the molecule is CCC(CCN)CCC(=O)OCc1cccc(OC)c1. The molecule has 1 aromatic rings. The maximum atomic E-state index is 11.7. The van der Waals surface area contributed by atoms with Gasteiger partial charge in [0.2, 0.25) is 0 Å². The molecule has 1 aromatic carbocycles. The summed E-state index contributed by atoms with van der Waals surface area (Å²) in [7, 11) is 1.62. The second kappa shape index (κ2) is 9.37. The number of carbonyl (C=O) groups is 1. The monoisotopic (exact) mass is 279 g/mol. The number of methoxy groups -OCH3 is 1. The van der Waals surface area contributed by atoms with E-state index in [0.717, 1.165) is 30.6 Å². The molecular formula is C16H25NO3. The predicted octanol–water partition coefficient (Wildman–Crippen LogP) is 2.89. The van der Waals surface area contributed by atoms with Gasteiger partial charge in [0.25, 0.3) is 0 Å². The summed E-state index contributed by atoms with van der Waals surface area (Å²) in [4.78, 5) is 11.7. The standard InChI is InChI=1S/C16H25NO3/c1-3-13(9-10-17)7-8-16(18)20-12-14-5-4-6-15(11-14)19-2/h4-6,11,13H,3,7-10,12,17H2,1-2H3. The van der Waals surface area contributed by atoms with Gasteiger partial charge in [-0.1, -0.05) is 25.5 Å². The van der Waals surface area contributed by atoms with Crippen LogP contribution in [0.15, 0.2) is 24.3 Å². The van der Waals surface area contributed by atoms with Crippen LogP contribution in [0.4, 0.5) is 0 Å². The lowest BCUT2D eigenvalue weighted by molar-refractivity contribution is -0.145. The molecule has 4 nitrogen and oxygen atoms in total. The molecule has 0 spiro atoms. The Labute approximate surface area is 121 Å². The first-order valence-corrected chi connectivity index (χ1v) is 7.18. The highest BCUT2D eigenvalue weighted by Gasteiger charge is 2.10. The fraction of sp³-hybridized carbons (Fsp3) is 0.562. The number of rotatable bonds is 9. The molecule has 0 heterocycles. The topological polar surface area (TPSA) is 61.6 Å². The summed E-state index contributed by atoms with van der Waals surface area (Å²) in [5, 5.41) is 0. The maximum Gasteiger partial charge on any atom is 0.306 e. The number of carbonyl (C=O) groups excluding carboxylic acids is 1. The summed E-state index contributed by atoms with van der Waals surface area (Å²) in [6, 6.07) is 7.54. The number of nitrogens with two attached hydrogens (primary N) is 1. The Morgan fingerprint density at radius 2 is 2.15 bits per heavy atom. The van der Waals surface area contributed by atoms with E-state index in [1.165, 1.54) is 0 Å². The van der Waals surface area contributed by atoms with Crippen LogP contribution < -0.4 is 10.5 Å². The van der Waals surface area contributed by atoms with Gasteiger partial charge in [-0.05, 0) is 43.0 Å². The molecule has 20 heavy (non-hydrogen) atoms. The zero-order valence-electron chi connectivity index (χ0n) is 12.4. The average Bonchev–Trinajstić information content (AvgIpc) is 2.49. The van der Waals surface area contributed by atoms with E-state index in [9.17, 15) is 4.79 Å². The third-order valence-corrected chi connectivity index (χ3v) is 3.44. The molecular weight excluding hydrogens is 254 g/mol. The minimum Gasteiger partial charge on any atom is -0.497 e. The quantitative estimate of drug-likeness (QED) is 0.706. The molecule has 0 aliphatic rings. The summed E-state index contributed by atoms with van der Waals surface area (Å²) in [5.41, 5.74) is 6.48. The summed E-state index contributed by atoms with van der Waals surface area (Å²) in [6.07, 6.45) is 3.34. The molecule has 4 heteroatoms. The minimum absolute atomic E-state index is 0.150. The largest absolute Gasteiger partial charge is 0.497 e. The van der Waals surface area contributed by atoms with Crippen molar-refractivity contribution in [2.45, 2.75) is 39.2 Å². The van der Waals surface area contributed by atoms with Gasteiger partial charge in [-0.25, -0.2) is 0 Å². The first-order valence-electron chi connectivity index (χ1n) is 7.18. The molecule has 0 bridgehead atoms. The lowest BCUT2D eigenvalue weighted by Gasteiger charge is -2.13. The Morgan fingerprint density at radius 3 is 2.80 bits per heavy atom. The molecule has 0 fully saturated rings. The van der Waals surface area contributed by atoms with Gasteiger partial charge in [0.1, 0.15) is 12.4 Å². The van der Waals surface area contributed by atoms with Crippen LogP contribution in [-0.4, -0.2) is 19.6 Å². The van der Waals surface area contributed by atoms with Gasteiger partial charge in [-0.2, -0.15) is 0 Å². The highest BCUT2D eigenvalue weighted by Crippen LogP contribution is 2.16. The molecule has 1 rings (SSSR count). The second-order valence-electron chi connectivity index (χ2n) is 4.90. The van der Waals surface area contributed by atoms with Crippen molar-refractivity contribution in [2.75, 3.05) is 13.7 Å². The van der Waals surface area contributed by atoms with Gasteiger partial charge in [0, 0.05) is 6.42 Å². The zero-order valence-corrected chi connectivity index (χ0v) is 12.4. The van der Waals surface area contributed by atoms with Crippen LogP contribution >= 0.6 is 0 Å². The van der Waals surface area contributed by atoms with Gasteiger partial charge in [0.05, 0.1) is 7.11 Å². The fourth-order valence-electron chi connectivity index (χ4n) is 2.11. The van der Waals surface area contributed by atoms with Crippen molar-refractivity contribution < 1.29 is 14.3 Å². The summed E-state index contributed by atoms with van der Waals surface area (Å²) < 4.78 is 10.4. The van der Waals surface area contributed by atoms with E-state index in [-0.39, 0.29) is 5.97 Å². The third-order valence-electron chi connectivity index (χ3n) is 3.44. The van der Waals surface area contributed by atoms with E-state index < -0.39 is 0 Å². The molecule has 1 unspecified atom stereocenters. The van der Waals surface area contributed by atoms with Crippen molar-refractivity contribution in [3.63, 3.8) is 0 Å². The highest BCUT2D eigenvalue weighted by atomic mass is 16.5. The molecule has 1 atom stereocenters. The first-order chi connectivity index (χ1) is 9.69. The molecule has 112 valence electrons. The molecule has 0 saturated heterocycles. The van der Waals surface area contributed by atoms with Crippen LogP contribution in [0.3, 0.4) is 0 Å². The summed E-state index contributed by atoms with van der Waals surface area (Å²) in [5.74, 6) is 1.14. The minimum atomic E-state index is -0.150. The van der Waals surface area contributed by atoms with Gasteiger partial charge in [-0.15, -0.1) is 0 Å². The van der Waals surface area contributed by atoms with E-state index in [0.29, 0.717) is 25.5 Å². The van der Waals surface area contributed by atoms with Crippen molar-refractivity contribution >= 4 is 5.97 Å². The van der Waals surface area contributed by atoms with E-state index in [4.69, 9.17) is 15.2 Å². The molecule has 0 saturated carbocycles. The van der Waals surface area contributed by atoms with Crippen molar-refractivity contribution in [3.8, 4) is 5.75 Å².